The van der Waals surface area contributed by atoms with E-state index < -0.39 is 0 Å². The zero-order valence-electron chi connectivity index (χ0n) is 24.2. The van der Waals surface area contributed by atoms with Crippen molar-refractivity contribution < 1.29 is 14.0 Å². The van der Waals surface area contributed by atoms with Gasteiger partial charge >= 0.3 is 0 Å². The topological polar surface area (TPSA) is 60.2 Å². The van der Waals surface area contributed by atoms with Crippen LogP contribution in [0.15, 0.2) is 4.42 Å². The highest BCUT2D eigenvalue weighted by Gasteiger charge is 2.39. The van der Waals surface area contributed by atoms with Crippen LogP contribution in [-0.4, -0.2) is 16.6 Å². The van der Waals surface area contributed by atoms with E-state index in [1.165, 1.54) is 22.3 Å². The number of carbonyl (C=O) groups excluding carboxylic acids is 2. The smallest absolute Gasteiger partial charge is 0.230 e. The lowest BCUT2D eigenvalue weighted by Gasteiger charge is -2.22. The molecule has 0 unspecified atom stereocenters. The van der Waals surface area contributed by atoms with Crippen molar-refractivity contribution in [3.8, 4) is 0 Å². The number of fused-ring (bicyclic) bond motifs is 8. The molecule has 0 amide bonds. The number of benzene rings is 3. The summed E-state index contributed by atoms with van der Waals surface area (Å²) in [5, 5.41) is 3.85. The van der Waals surface area contributed by atoms with E-state index in [2.05, 4.69) is 34.6 Å². The summed E-state index contributed by atoms with van der Waals surface area (Å²) in [6.45, 7) is 22.7. The molecule has 4 nitrogen and oxygen atoms in total. The van der Waals surface area contributed by atoms with Crippen LogP contribution in [0.4, 0.5) is 0 Å². The van der Waals surface area contributed by atoms with Crippen molar-refractivity contribution in [3.63, 3.8) is 0 Å². The number of ketones is 2. The van der Waals surface area contributed by atoms with E-state index in [1.54, 1.807) is 0 Å². The molecule has 1 aliphatic rings. The third kappa shape index (κ3) is 2.68. The van der Waals surface area contributed by atoms with Crippen LogP contribution >= 0.6 is 0 Å². The minimum absolute atomic E-state index is 0.122. The molecule has 0 saturated carbocycles. The first-order chi connectivity index (χ1) is 17.8. The second kappa shape index (κ2) is 7.63. The summed E-state index contributed by atoms with van der Waals surface area (Å²) in [5.74, 6) is -0.169. The van der Waals surface area contributed by atoms with Crippen LogP contribution in [0.5, 0.6) is 0 Å². The number of aromatic nitrogens is 1. The third-order valence-electron chi connectivity index (χ3n) is 9.82. The summed E-state index contributed by atoms with van der Waals surface area (Å²) >= 11 is 0. The average Bonchev–Trinajstić information content (AvgIpc) is 3.28. The van der Waals surface area contributed by atoms with Gasteiger partial charge in [-0.05, 0) is 137 Å². The molecule has 0 N–H and O–H groups in total. The summed E-state index contributed by atoms with van der Waals surface area (Å²) in [6, 6.07) is 0. The molecule has 0 fully saturated rings. The van der Waals surface area contributed by atoms with Gasteiger partial charge in [-0.2, -0.15) is 0 Å². The van der Waals surface area contributed by atoms with Gasteiger partial charge in [0.15, 0.2) is 11.5 Å². The maximum absolute atomic E-state index is 14.3. The molecule has 4 heteroatoms. The largest absolute Gasteiger partial charge is 0.451 e. The Hall–Kier alpha value is -3.79. The molecule has 3 aromatic carbocycles. The molecule has 5 aromatic rings. The summed E-state index contributed by atoms with van der Waals surface area (Å²) in [6.07, 6.45) is 0. The lowest BCUT2D eigenvalue weighted by molar-refractivity contribution is 0.0961. The fourth-order valence-corrected chi connectivity index (χ4v) is 6.79. The Labute approximate surface area is 223 Å². The lowest BCUT2D eigenvalue weighted by Crippen LogP contribution is -2.23. The van der Waals surface area contributed by atoms with E-state index in [9.17, 15) is 9.59 Å². The number of rotatable bonds is 0. The van der Waals surface area contributed by atoms with Gasteiger partial charge in [-0.25, -0.2) is 0 Å². The molecule has 38 heavy (non-hydrogen) atoms. The molecular formula is C34H33NO3. The van der Waals surface area contributed by atoms with Crippen LogP contribution in [0, 0.1) is 76.2 Å². The van der Waals surface area contributed by atoms with Crippen molar-refractivity contribution in [1.29, 1.82) is 0 Å². The highest BCUT2D eigenvalue weighted by Crippen LogP contribution is 2.47. The minimum Gasteiger partial charge on any atom is -0.451 e. The molecule has 0 radical (unpaired) electrons. The molecule has 0 saturated heterocycles. The Morgan fingerprint density at radius 2 is 0.921 bits per heavy atom. The van der Waals surface area contributed by atoms with E-state index in [4.69, 9.17) is 9.40 Å². The molecule has 192 valence electrons. The first kappa shape index (κ1) is 24.5. The lowest BCUT2D eigenvalue weighted by atomic mass is 9.78. The Bertz CT molecular complexity index is 2000. The number of pyridine rings is 1. The highest BCUT2D eigenvalue weighted by molar-refractivity contribution is 6.35. The van der Waals surface area contributed by atoms with Crippen LogP contribution < -0.4 is 0 Å². The summed E-state index contributed by atoms with van der Waals surface area (Å²) in [7, 11) is 0. The Morgan fingerprint density at radius 1 is 0.447 bits per heavy atom. The minimum atomic E-state index is -0.205. The van der Waals surface area contributed by atoms with Crippen LogP contribution in [0.1, 0.15) is 93.4 Å². The van der Waals surface area contributed by atoms with Gasteiger partial charge in [0.25, 0.3) is 0 Å². The van der Waals surface area contributed by atoms with Gasteiger partial charge < -0.3 is 4.42 Å². The highest BCUT2D eigenvalue weighted by atomic mass is 16.3. The maximum Gasteiger partial charge on any atom is 0.230 e. The van der Waals surface area contributed by atoms with Crippen LogP contribution in [0.2, 0.25) is 0 Å². The van der Waals surface area contributed by atoms with E-state index in [0.29, 0.717) is 22.3 Å². The number of hydrogen-bond donors (Lipinski definition) is 0. The quantitative estimate of drug-likeness (QED) is 0.196. The van der Waals surface area contributed by atoms with E-state index in [0.717, 1.165) is 66.1 Å². The predicted octanol–water partition coefficient (Wildman–Crippen LogP) is 8.30. The molecule has 2 aromatic heterocycles. The molecule has 1 aliphatic carbocycles. The summed E-state index contributed by atoms with van der Waals surface area (Å²) < 4.78 is 6.55. The number of carbonyl (C=O) groups is 2. The standard InChI is InChI=1S/C34H33NO3/c1-12-13(2)16(5)26-25(15(12)4)31(36)29-27-21(10)19(8)23-18(7)20(9)24-17(6)14(3)22(11)35-30(24)28(23)33(27)38-34(29)32(26)37/h1-11H3. The van der Waals surface area contributed by atoms with E-state index >= 15 is 0 Å². The average molecular weight is 504 g/mol. The van der Waals surface area contributed by atoms with Gasteiger partial charge in [-0.15, -0.1) is 0 Å². The Kier molecular flexibility index (Phi) is 4.93. The Morgan fingerprint density at radius 3 is 1.50 bits per heavy atom. The first-order valence-corrected chi connectivity index (χ1v) is 13.3. The van der Waals surface area contributed by atoms with Gasteiger partial charge in [0.05, 0.1) is 16.5 Å². The van der Waals surface area contributed by atoms with Crippen molar-refractivity contribution in [1.82, 2.24) is 4.98 Å². The second-order valence-electron chi connectivity index (χ2n) is 11.3. The monoisotopic (exact) mass is 503 g/mol. The van der Waals surface area contributed by atoms with Crippen molar-refractivity contribution >= 4 is 44.2 Å². The number of furan rings is 1. The fraction of sp³-hybridized carbons (Fsp3) is 0.324. The van der Waals surface area contributed by atoms with Crippen LogP contribution in [-0.2, 0) is 0 Å². The van der Waals surface area contributed by atoms with E-state index in [1.807, 2.05) is 41.5 Å². The number of nitrogens with zero attached hydrogens (tertiary/aromatic N) is 1. The maximum atomic E-state index is 14.3. The summed E-state index contributed by atoms with van der Waals surface area (Å²) in [5.41, 5.74) is 14.5. The van der Waals surface area contributed by atoms with Gasteiger partial charge in [-0.3, -0.25) is 14.6 Å². The summed E-state index contributed by atoms with van der Waals surface area (Å²) in [4.78, 5) is 33.4. The number of aryl methyl sites for hydroxylation is 6. The van der Waals surface area contributed by atoms with Gasteiger partial charge in [0.2, 0.25) is 5.78 Å². The molecular weight excluding hydrogens is 470 g/mol. The molecule has 2 heterocycles. The first-order valence-electron chi connectivity index (χ1n) is 13.3. The number of hydrogen-bond acceptors (Lipinski definition) is 4. The molecule has 0 atom stereocenters. The van der Waals surface area contributed by atoms with Gasteiger partial charge in [0.1, 0.15) is 5.58 Å². The van der Waals surface area contributed by atoms with Crippen LogP contribution in [0.25, 0.3) is 32.6 Å². The zero-order valence-corrected chi connectivity index (χ0v) is 24.2. The Balaban J connectivity index is 1.89. The van der Waals surface area contributed by atoms with E-state index in [-0.39, 0.29) is 17.3 Å². The van der Waals surface area contributed by atoms with Crippen molar-refractivity contribution in [3.05, 3.63) is 83.8 Å². The van der Waals surface area contributed by atoms with Gasteiger partial charge in [0, 0.05) is 27.6 Å². The molecule has 6 rings (SSSR count). The fourth-order valence-electron chi connectivity index (χ4n) is 6.79. The van der Waals surface area contributed by atoms with Gasteiger partial charge in [-0.1, -0.05) is 0 Å². The zero-order chi connectivity index (χ0) is 27.7. The molecule has 0 aliphatic heterocycles. The predicted molar refractivity (Wildman–Crippen MR) is 154 cm³/mol. The molecule has 0 bridgehead atoms. The third-order valence-corrected chi connectivity index (χ3v) is 9.82. The van der Waals surface area contributed by atoms with Crippen molar-refractivity contribution in [2.45, 2.75) is 76.2 Å². The van der Waals surface area contributed by atoms with Crippen molar-refractivity contribution in [2.24, 2.45) is 0 Å². The SMILES string of the molecule is Cc1nc2c(c(C)c1C)c(C)c(C)c1c(C)c(C)c3c4c(oc3c12)C(=O)c1c(C)c(C)c(C)c(C)c1C4=O. The van der Waals surface area contributed by atoms with Crippen molar-refractivity contribution in [2.75, 3.05) is 0 Å². The van der Waals surface area contributed by atoms with Crippen LogP contribution in [0.3, 0.4) is 0 Å². The second-order valence-corrected chi connectivity index (χ2v) is 11.3. The normalized spacial score (nSPS) is 13.2. The molecule has 0 spiro atoms.